The van der Waals surface area contributed by atoms with Crippen LogP contribution in [0.2, 0.25) is 0 Å². The van der Waals surface area contributed by atoms with E-state index < -0.39 is 5.24 Å². The van der Waals surface area contributed by atoms with Crippen LogP contribution in [0, 0.1) is 0 Å². The smallest absolute Gasteiger partial charge is 0.236 e. The Bertz CT molecular complexity index is 114. The van der Waals surface area contributed by atoms with Crippen molar-refractivity contribution >= 4 is 33.9 Å². The van der Waals surface area contributed by atoms with E-state index in [1.165, 1.54) is 6.92 Å². The molecule has 0 atom stereocenters. The van der Waals surface area contributed by atoms with E-state index in [0.717, 1.165) is 11.9 Å². The van der Waals surface area contributed by atoms with Crippen molar-refractivity contribution in [3.63, 3.8) is 0 Å². The third-order valence-corrected chi connectivity index (χ3v) is 1.14. The maximum absolute atomic E-state index is 10.2. The fourth-order valence-electron chi connectivity index (χ4n) is 0.194. The number of carbonyl (C=O) groups excluding carboxylic acids is 2. The van der Waals surface area contributed by atoms with E-state index in [1.54, 1.807) is 0 Å². The quantitative estimate of drug-likeness (QED) is 0.492. The summed E-state index contributed by atoms with van der Waals surface area (Å²) in [6.45, 7) is 1.42. The van der Waals surface area contributed by atoms with Crippen LogP contribution < -0.4 is 4.72 Å². The minimum Gasteiger partial charge on any atom is -0.286 e. The predicted molar refractivity (Wildman–Crippen MR) is 37.1 cm³/mol. The molecule has 52 valence electrons. The van der Waals surface area contributed by atoms with E-state index in [-0.39, 0.29) is 11.7 Å². The van der Waals surface area contributed by atoms with Crippen LogP contribution in [0.25, 0.3) is 0 Å². The topological polar surface area (TPSA) is 46.2 Å². The highest BCUT2D eigenvalue weighted by molar-refractivity contribution is 8.11. The second kappa shape index (κ2) is 4.78. The number of rotatable bonds is 3. The highest BCUT2D eigenvalue weighted by Crippen LogP contribution is 1.92. The van der Waals surface area contributed by atoms with Crippen LogP contribution in [0.3, 0.4) is 0 Å². The Morgan fingerprint density at radius 3 is 2.56 bits per heavy atom. The Kier molecular flexibility index (Phi) is 4.75. The first kappa shape index (κ1) is 8.94. The van der Waals surface area contributed by atoms with Gasteiger partial charge in [-0.2, -0.15) is 0 Å². The van der Waals surface area contributed by atoms with Crippen LogP contribution in [0.5, 0.6) is 0 Å². The molecule has 0 rings (SSSR count). The van der Waals surface area contributed by atoms with Gasteiger partial charge in [-0.05, 0) is 23.5 Å². The van der Waals surface area contributed by atoms with Gasteiger partial charge in [0.15, 0.2) is 0 Å². The zero-order valence-corrected chi connectivity index (χ0v) is 6.38. The van der Waals surface area contributed by atoms with Crippen LogP contribution in [0.4, 0.5) is 0 Å². The van der Waals surface area contributed by atoms with E-state index in [2.05, 4.69) is 4.72 Å². The second-order valence-corrected chi connectivity index (χ2v) is 2.76. The summed E-state index contributed by atoms with van der Waals surface area (Å²) in [4.78, 5) is 20.2. The van der Waals surface area contributed by atoms with Crippen molar-refractivity contribution in [2.24, 2.45) is 0 Å². The Hall–Kier alpha value is -0.0600. The molecular formula is C4H6ClNO2S. The SMILES string of the molecule is CC(=O)SNCC(=O)Cl. The van der Waals surface area contributed by atoms with Crippen LogP contribution in [-0.2, 0) is 9.59 Å². The minimum atomic E-state index is -0.497. The van der Waals surface area contributed by atoms with Crippen molar-refractivity contribution in [3.8, 4) is 0 Å². The van der Waals surface area contributed by atoms with Gasteiger partial charge in [-0.3, -0.25) is 9.59 Å². The predicted octanol–water partition coefficient (Wildman–Crippen LogP) is 0.536. The van der Waals surface area contributed by atoms with Gasteiger partial charge in [-0.1, -0.05) is 0 Å². The highest BCUT2D eigenvalue weighted by Gasteiger charge is 1.96. The first-order valence-corrected chi connectivity index (χ1v) is 3.41. The highest BCUT2D eigenvalue weighted by atomic mass is 35.5. The number of nitrogens with one attached hydrogen (secondary N) is 1. The lowest BCUT2D eigenvalue weighted by Gasteiger charge is -1.92. The second-order valence-electron chi connectivity index (χ2n) is 1.27. The van der Waals surface area contributed by atoms with Crippen molar-refractivity contribution in [1.29, 1.82) is 0 Å². The molecule has 3 nitrogen and oxygen atoms in total. The summed E-state index contributed by atoms with van der Waals surface area (Å²) >= 11 is 5.80. The lowest BCUT2D eigenvalue weighted by atomic mass is 10.8. The molecule has 0 aliphatic carbocycles. The molecule has 0 radical (unpaired) electrons. The van der Waals surface area contributed by atoms with Gasteiger partial charge >= 0.3 is 0 Å². The molecule has 0 aromatic carbocycles. The van der Waals surface area contributed by atoms with Crippen LogP contribution in [0.15, 0.2) is 0 Å². The molecule has 0 aliphatic rings. The summed E-state index contributed by atoms with van der Waals surface area (Å²) in [7, 11) is 0. The van der Waals surface area contributed by atoms with Gasteiger partial charge in [0.1, 0.15) is 0 Å². The van der Waals surface area contributed by atoms with Crippen molar-refractivity contribution < 1.29 is 9.59 Å². The maximum Gasteiger partial charge on any atom is 0.236 e. The number of carbonyl (C=O) groups is 2. The summed E-state index contributed by atoms with van der Waals surface area (Å²) in [5.41, 5.74) is 0. The van der Waals surface area contributed by atoms with E-state index in [0.29, 0.717) is 0 Å². The van der Waals surface area contributed by atoms with Gasteiger partial charge in [0.05, 0.1) is 6.54 Å². The number of hydrogen-bond donors (Lipinski definition) is 1. The van der Waals surface area contributed by atoms with Crippen molar-refractivity contribution in [1.82, 2.24) is 4.72 Å². The first-order valence-electron chi connectivity index (χ1n) is 2.21. The molecular weight excluding hydrogens is 162 g/mol. The van der Waals surface area contributed by atoms with Gasteiger partial charge in [0, 0.05) is 6.92 Å². The summed E-state index contributed by atoms with van der Waals surface area (Å²) in [6, 6.07) is 0. The lowest BCUT2D eigenvalue weighted by molar-refractivity contribution is -0.110. The van der Waals surface area contributed by atoms with Gasteiger partial charge in [-0.15, -0.1) is 0 Å². The first-order chi connectivity index (χ1) is 4.13. The molecule has 0 aromatic rings. The molecule has 0 unspecified atom stereocenters. The molecule has 0 saturated carbocycles. The summed E-state index contributed by atoms with van der Waals surface area (Å²) < 4.78 is 2.47. The maximum atomic E-state index is 10.2. The molecule has 0 amide bonds. The molecule has 0 fully saturated rings. The minimum absolute atomic E-state index is 0.0196. The third-order valence-electron chi connectivity index (χ3n) is 0.427. The molecule has 5 heteroatoms. The Morgan fingerprint density at radius 2 is 2.22 bits per heavy atom. The number of halogens is 1. The van der Waals surface area contributed by atoms with Crippen LogP contribution >= 0.6 is 23.5 Å². The summed E-state index contributed by atoms with van der Waals surface area (Å²) in [6.07, 6.45) is 0. The Morgan fingerprint density at radius 1 is 1.67 bits per heavy atom. The van der Waals surface area contributed by atoms with E-state index in [9.17, 15) is 9.59 Å². The monoisotopic (exact) mass is 167 g/mol. The molecule has 9 heavy (non-hydrogen) atoms. The molecule has 0 heterocycles. The molecule has 0 bridgehead atoms. The van der Waals surface area contributed by atoms with Crippen LogP contribution in [-0.4, -0.2) is 16.9 Å². The lowest BCUT2D eigenvalue weighted by Crippen LogP contribution is -2.13. The van der Waals surface area contributed by atoms with Crippen LogP contribution in [0.1, 0.15) is 6.92 Å². The Balaban J connectivity index is 3.10. The third kappa shape index (κ3) is 7.94. The normalized spacial score (nSPS) is 9.11. The Labute approximate surface area is 62.3 Å². The average Bonchev–Trinajstić information content (AvgIpc) is 1.63. The zero-order chi connectivity index (χ0) is 7.28. The van der Waals surface area contributed by atoms with E-state index in [1.807, 2.05) is 0 Å². The zero-order valence-electron chi connectivity index (χ0n) is 4.81. The van der Waals surface area contributed by atoms with E-state index >= 15 is 0 Å². The van der Waals surface area contributed by atoms with E-state index in [4.69, 9.17) is 11.6 Å². The standard InChI is InChI=1S/C4H6ClNO2S/c1-3(7)9-6-2-4(5)8/h6H,2H2,1H3. The molecule has 0 saturated heterocycles. The molecule has 1 N–H and O–H groups in total. The van der Waals surface area contributed by atoms with Crippen molar-refractivity contribution in [2.75, 3.05) is 6.54 Å². The fraction of sp³-hybridized carbons (Fsp3) is 0.500. The number of hydrogen-bond acceptors (Lipinski definition) is 4. The van der Waals surface area contributed by atoms with Gasteiger partial charge < -0.3 is 0 Å². The van der Waals surface area contributed by atoms with Gasteiger partial charge in [-0.25, -0.2) is 4.72 Å². The van der Waals surface area contributed by atoms with Gasteiger partial charge in [0.2, 0.25) is 10.4 Å². The molecule has 0 aliphatic heterocycles. The van der Waals surface area contributed by atoms with Gasteiger partial charge in [0.25, 0.3) is 0 Å². The summed E-state index contributed by atoms with van der Waals surface area (Å²) in [5.74, 6) is 0. The fourth-order valence-corrected chi connectivity index (χ4v) is 0.747. The largest absolute Gasteiger partial charge is 0.286 e. The van der Waals surface area contributed by atoms with Crippen molar-refractivity contribution in [3.05, 3.63) is 0 Å². The van der Waals surface area contributed by atoms with Crippen molar-refractivity contribution in [2.45, 2.75) is 6.92 Å². The molecule has 0 aromatic heterocycles. The average molecular weight is 168 g/mol. The summed E-state index contributed by atoms with van der Waals surface area (Å²) in [5, 5.41) is -0.586. The molecule has 0 spiro atoms.